The predicted octanol–water partition coefficient (Wildman–Crippen LogP) is 3.72. The Bertz CT molecular complexity index is 1090. The van der Waals surface area contributed by atoms with Gasteiger partial charge < -0.3 is 4.98 Å². The third-order valence-electron chi connectivity index (χ3n) is 3.81. The molecule has 4 aromatic rings. The van der Waals surface area contributed by atoms with Crippen molar-refractivity contribution in [2.45, 2.75) is 17.2 Å². The van der Waals surface area contributed by atoms with Gasteiger partial charge >= 0.3 is 0 Å². The molecular weight excluding hydrogens is 320 g/mol. The first-order valence-corrected chi connectivity index (χ1v) is 8.46. The third-order valence-corrected chi connectivity index (χ3v) is 4.94. The molecular formula is C18H14N4OS. The van der Waals surface area contributed by atoms with Gasteiger partial charge in [0.05, 0.1) is 21.7 Å². The minimum Gasteiger partial charge on any atom is -0.309 e. The van der Waals surface area contributed by atoms with Crippen LogP contribution in [0.25, 0.3) is 21.8 Å². The Balaban J connectivity index is 1.74. The standard InChI is InChI=1S/C18H14N4OS/c1-11(16-21-15-9-5-2-6-12(15)17(23)22-16)24-18-13-7-3-4-8-14(13)19-10-20-18/h2-11H,1H3,(H,21,22,23). The summed E-state index contributed by atoms with van der Waals surface area (Å²) in [5.74, 6) is 0.645. The van der Waals surface area contributed by atoms with Crippen LogP contribution in [0.3, 0.4) is 0 Å². The molecule has 118 valence electrons. The second kappa shape index (κ2) is 6.05. The fourth-order valence-electron chi connectivity index (χ4n) is 2.59. The van der Waals surface area contributed by atoms with Crippen molar-refractivity contribution in [1.82, 2.24) is 19.9 Å². The fraction of sp³-hybridized carbons (Fsp3) is 0.111. The summed E-state index contributed by atoms with van der Waals surface area (Å²) < 4.78 is 0. The molecule has 1 atom stereocenters. The zero-order valence-corrected chi connectivity index (χ0v) is 13.7. The highest BCUT2D eigenvalue weighted by Gasteiger charge is 2.15. The average Bonchev–Trinajstić information content (AvgIpc) is 2.62. The minimum atomic E-state index is -0.115. The Hall–Kier alpha value is -2.73. The van der Waals surface area contributed by atoms with E-state index in [1.807, 2.05) is 49.4 Å². The number of hydrogen-bond acceptors (Lipinski definition) is 5. The van der Waals surface area contributed by atoms with Crippen LogP contribution in [0, 0.1) is 0 Å². The molecule has 0 saturated heterocycles. The summed E-state index contributed by atoms with van der Waals surface area (Å²) >= 11 is 1.56. The number of H-pyrrole nitrogens is 1. The van der Waals surface area contributed by atoms with Crippen LogP contribution < -0.4 is 5.56 Å². The van der Waals surface area contributed by atoms with E-state index < -0.39 is 0 Å². The molecule has 24 heavy (non-hydrogen) atoms. The van der Waals surface area contributed by atoms with Crippen LogP contribution in [0.1, 0.15) is 18.0 Å². The van der Waals surface area contributed by atoms with E-state index in [0.29, 0.717) is 16.7 Å². The zero-order chi connectivity index (χ0) is 16.5. The predicted molar refractivity (Wildman–Crippen MR) is 96.2 cm³/mol. The Morgan fingerprint density at radius 3 is 2.50 bits per heavy atom. The maximum Gasteiger partial charge on any atom is 0.258 e. The van der Waals surface area contributed by atoms with Gasteiger partial charge in [-0.15, -0.1) is 0 Å². The van der Waals surface area contributed by atoms with Gasteiger partial charge in [-0.2, -0.15) is 0 Å². The molecule has 1 unspecified atom stereocenters. The fourth-order valence-corrected chi connectivity index (χ4v) is 3.56. The molecule has 0 aliphatic heterocycles. The van der Waals surface area contributed by atoms with Crippen molar-refractivity contribution in [3.8, 4) is 0 Å². The van der Waals surface area contributed by atoms with E-state index in [-0.39, 0.29) is 10.8 Å². The molecule has 0 aliphatic carbocycles. The number of thioether (sulfide) groups is 1. The highest BCUT2D eigenvalue weighted by atomic mass is 32.2. The second-order valence-corrected chi connectivity index (χ2v) is 6.75. The number of nitrogens with one attached hydrogen (secondary N) is 1. The maximum absolute atomic E-state index is 12.2. The molecule has 6 heteroatoms. The van der Waals surface area contributed by atoms with Crippen molar-refractivity contribution < 1.29 is 0 Å². The van der Waals surface area contributed by atoms with Crippen LogP contribution in [0.4, 0.5) is 0 Å². The lowest BCUT2D eigenvalue weighted by Gasteiger charge is -2.12. The lowest BCUT2D eigenvalue weighted by atomic mass is 10.2. The second-order valence-electron chi connectivity index (χ2n) is 5.42. The molecule has 2 aromatic carbocycles. The average molecular weight is 334 g/mol. The van der Waals surface area contributed by atoms with Crippen LogP contribution in [-0.2, 0) is 0 Å². The molecule has 0 spiro atoms. The normalized spacial score (nSPS) is 12.5. The summed E-state index contributed by atoms with van der Waals surface area (Å²) in [5.41, 5.74) is 1.49. The minimum absolute atomic E-state index is 0.0411. The van der Waals surface area contributed by atoms with Gasteiger partial charge in [-0.3, -0.25) is 4.79 Å². The lowest BCUT2D eigenvalue weighted by molar-refractivity contribution is 0.919. The van der Waals surface area contributed by atoms with Gasteiger partial charge in [0.25, 0.3) is 5.56 Å². The van der Waals surface area contributed by atoms with Crippen LogP contribution in [-0.4, -0.2) is 19.9 Å². The highest BCUT2D eigenvalue weighted by Crippen LogP contribution is 2.35. The van der Waals surface area contributed by atoms with Gasteiger partial charge in [-0.25, -0.2) is 15.0 Å². The van der Waals surface area contributed by atoms with Crippen molar-refractivity contribution in [3.05, 3.63) is 71.0 Å². The monoisotopic (exact) mass is 334 g/mol. The molecule has 0 saturated carbocycles. The first kappa shape index (κ1) is 14.8. The summed E-state index contributed by atoms with van der Waals surface area (Å²) in [6, 6.07) is 15.2. The van der Waals surface area contributed by atoms with E-state index in [4.69, 9.17) is 0 Å². The van der Waals surface area contributed by atoms with Gasteiger partial charge in [0, 0.05) is 5.39 Å². The van der Waals surface area contributed by atoms with Gasteiger partial charge in [-0.05, 0) is 25.1 Å². The van der Waals surface area contributed by atoms with Gasteiger partial charge in [0.2, 0.25) is 0 Å². The van der Waals surface area contributed by atoms with Crippen LogP contribution in [0.5, 0.6) is 0 Å². The third kappa shape index (κ3) is 2.65. The molecule has 2 heterocycles. The topological polar surface area (TPSA) is 71.5 Å². The summed E-state index contributed by atoms with van der Waals surface area (Å²) in [6.45, 7) is 2.01. The summed E-state index contributed by atoms with van der Waals surface area (Å²) in [5, 5.41) is 2.44. The Morgan fingerprint density at radius 2 is 1.67 bits per heavy atom. The largest absolute Gasteiger partial charge is 0.309 e. The molecule has 5 nitrogen and oxygen atoms in total. The molecule has 1 N–H and O–H groups in total. The quantitative estimate of drug-likeness (QED) is 0.457. The number of aromatic nitrogens is 4. The van der Waals surface area contributed by atoms with Gasteiger partial charge in [0.15, 0.2) is 0 Å². The number of hydrogen-bond donors (Lipinski definition) is 1. The molecule has 4 rings (SSSR count). The number of rotatable bonds is 3. The van der Waals surface area contributed by atoms with Crippen molar-refractivity contribution in [2.75, 3.05) is 0 Å². The van der Waals surface area contributed by atoms with Crippen molar-refractivity contribution in [3.63, 3.8) is 0 Å². The van der Waals surface area contributed by atoms with E-state index in [2.05, 4.69) is 19.9 Å². The van der Waals surface area contributed by atoms with Crippen molar-refractivity contribution in [1.29, 1.82) is 0 Å². The maximum atomic E-state index is 12.2. The number of fused-ring (bicyclic) bond motifs is 2. The molecule has 0 fully saturated rings. The first-order chi connectivity index (χ1) is 11.7. The number of benzene rings is 2. The van der Waals surface area contributed by atoms with Crippen LogP contribution in [0.2, 0.25) is 0 Å². The Labute approximate surface area is 142 Å². The smallest absolute Gasteiger partial charge is 0.258 e. The molecule has 0 radical (unpaired) electrons. The summed E-state index contributed by atoms with van der Waals surface area (Å²) in [6.07, 6.45) is 1.56. The molecule has 0 amide bonds. The van der Waals surface area contributed by atoms with Crippen molar-refractivity contribution in [2.24, 2.45) is 0 Å². The van der Waals surface area contributed by atoms with Gasteiger partial charge in [-0.1, -0.05) is 42.1 Å². The molecule has 2 aromatic heterocycles. The van der Waals surface area contributed by atoms with Crippen molar-refractivity contribution >= 4 is 33.6 Å². The SMILES string of the molecule is CC(Sc1ncnc2ccccc12)c1nc2ccccc2c(=O)[nH]1. The van der Waals surface area contributed by atoms with E-state index in [1.165, 1.54) is 0 Å². The Kier molecular flexibility index (Phi) is 3.74. The lowest BCUT2D eigenvalue weighted by Crippen LogP contribution is -2.12. The Morgan fingerprint density at radius 1 is 0.958 bits per heavy atom. The van der Waals surface area contributed by atoms with E-state index in [0.717, 1.165) is 15.9 Å². The number of para-hydroxylation sites is 2. The van der Waals surface area contributed by atoms with Gasteiger partial charge in [0.1, 0.15) is 17.2 Å². The van der Waals surface area contributed by atoms with Crippen LogP contribution >= 0.6 is 11.8 Å². The number of aromatic amines is 1. The molecule has 0 aliphatic rings. The zero-order valence-electron chi connectivity index (χ0n) is 12.9. The van der Waals surface area contributed by atoms with Crippen LogP contribution in [0.15, 0.2) is 64.7 Å². The van der Waals surface area contributed by atoms with E-state index in [9.17, 15) is 4.79 Å². The first-order valence-electron chi connectivity index (χ1n) is 7.58. The highest BCUT2D eigenvalue weighted by molar-refractivity contribution is 7.99. The summed E-state index contributed by atoms with van der Waals surface area (Å²) in [7, 11) is 0. The molecule has 0 bridgehead atoms. The van der Waals surface area contributed by atoms with E-state index in [1.54, 1.807) is 24.2 Å². The summed E-state index contributed by atoms with van der Waals surface area (Å²) in [4.78, 5) is 28.4. The number of nitrogens with zero attached hydrogens (tertiary/aromatic N) is 3. The van der Waals surface area contributed by atoms with E-state index >= 15 is 0 Å².